The Kier molecular flexibility index (Phi) is 9.05. The molecule has 0 unspecified atom stereocenters. The van der Waals surface area contributed by atoms with E-state index < -0.39 is 5.82 Å². The first-order valence-electron chi connectivity index (χ1n) is 10.9. The Morgan fingerprint density at radius 3 is 2.46 bits per heavy atom. The fraction of sp³-hybridized carbons (Fsp3) is 0.231. The Labute approximate surface area is 208 Å². The van der Waals surface area contributed by atoms with Gasteiger partial charge in [0.05, 0.1) is 14.2 Å². The molecule has 0 saturated heterocycles. The minimum absolute atomic E-state index is 0.161. The number of carbonyl (C=O) groups excluding carboxylic acids is 2. The van der Waals surface area contributed by atoms with E-state index in [0.29, 0.717) is 52.8 Å². The molecule has 35 heavy (non-hydrogen) atoms. The van der Waals surface area contributed by atoms with Crippen LogP contribution in [-0.2, 0) is 6.54 Å². The van der Waals surface area contributed by atoms with E-state index in [1.54, 1.807) is 47.4 Å². The Bertz CT molecular complexity index is 1200. The van der Waals surface area contributed by atoms with Gasteiger partial charge in [-0.25, -0.2) is 4.39 Å². The van der Waals surface area contributed by atoms with Crippen molar-refractivity contribution in [1.29, 1.82) is 0 Å². The van der Waals surface area contributed by atoms with Crippen LogP contribution in [0.4, 0.5) is 10.1 Å². The Hall–Kier alpha value is -3.62. The zero-order valence-corrected chi connectivity index (χ0v) is 20.3. The van der Waals surface area contributed by atoms with Crippen molar-refractivity contribution in [2.45, 2.75) is 13.0 Å². The molecular weight excluding hydrogens is 473 g/mol. The van der Waals surface area contributed by atoms with Crippen LogP contribution in [-0.4, -0.2) is 44.0 Å². The molecule has 0 aliphatic carbocycles. The third kappa shape index (κ3) is 6.71. The summed E-state index contributed by atoms with van der Waals surface area (Å²) < 4.78 is 24.1. The number of ether oxygens (including phenoxy) is 2. The lowest BCUT2D eigenvalue weighted by Crippen LogP contribution is -2.32. The summed E-state index contributed by atoms with van der Waals surface area (Å²) in [7, 11) is 3.01. The van der Waals surface area contributed by atoms with Gasteiger partial charge in [0.1, 0.15) is 5.82 Å². The van der Waals surface area contributed by atoms with E-state index in [1.807, 2.05) is 0 Å². The highest BCUT2D eigenvalue weighted by atomic mass is 35.5. The molecule has 0 fully saturated rings. The molecule has 9 heteroatoms. The molecule has 0 aliphatic rings. The second-order valence-electron chi connectivity index (χ2n) is 7.71. The average molecular weight is 500 g/mol. The molecule has 0 atom stereocenters. The molecule has 0 bridgehead atoms. The highest BCUT2D eigenvalue weighted by Crippen LogP contribution is 2.28. The van der Waals surface area contributed by atoms with Gasteiger partial charge in [-0.05, 0) is 73.1 Å². The third-order valence-corrected chi connectivity index (χ3v) is 5.67. The second kappa shape index (κ2) is 12.2. The summed E-state index contributed by atoms with van der Waals surface area (Å²) in [4.78, 5) is 27.4. The molecular formula is C26H27ClFN3O4. The van der Waals surface area contributed by atoms with Crippen LogP contribution in [0.2, 0.25) is 5.02 Å². The largest absolute Gasteiger partial charge is 0.493 e. The van der Waals surface area contributed by atoms with Gasteiger partial charge in [0.2, 0.25) is 0 Å². The van der Waals surface area contributed by atoms with Crippen LogP contribution >= 0.6 is 11.6 Å². The van der Waals surface area contributed by atoms with Crippen molar-refractivity contribution in [3.63, 3.8) is 0 Å². The molecule has 0 heterocycles. The molecule has 7 nitrogen and oxygen atoms in total. The molecule has 3 rings (SSSR count). The van der Waals surface area contributed by atoms with Gasteiger partial charge in [-0.15, -0.1) is 0 Å². The maximum absolute atomic E-state index is 13.7. The molecule has 184 valence electrons. The highest BCUT2D eigenvalue weighted by Gasteiger charge is 2.18. The van der Waals surface area contributed by atoms with Crippen molar-refractivity contribution in [3.8, 4) is 11.5 Å². The van der Waals surface area contributed by atoms with Crippen molar-refractivity contribution in [2.24, 2.45) is 5.73 Å². The van der Waals surface area contributed by atoms with Crippen LogP contribution in [0.5, 0.6) is 11.5 Å². The Morgan fingerprint density at radius 2 is 1.77 bits per heavy atom. The van der Waals surface area contributed by atoms with Gasteiger partial charge in [-0.2, -0.15) is 0 Å². The lowest BCUT2D eigenvalue weighted by atomic mass is 10.1. The van der Waals surface area contributed by atoms with Gasteiger partial charge in [-0.1, -0.05) is 17.7 Å². The van der Waals surface area contributed by atoms with Crippen LogP contribution in [0.1, 0.15) is 32.7 Å². The highest BCUT2D eigenvalue weighted by molar-refractivity contribution is 6.31. The SMILES string of the molecule is COc1ccc(C(=O)Nc2ccc(Cl)c(CN(CCCN)C(=O)c3cccc(F)c3)c2)cc1OC. The van der Waals surface area contributed by atoms with Crippen LogP contribution in [0, 0.1) is 5.82 Å². The smallest absolute Gasteiger partial charge is 0.255 e. The predicted octanol–water partition coefficient (Wildman–Crippen LogP) is 4.74. The van der Waals surface area contributed by atoms with E-state index in [-0.39, 0.29) is 23.9 Å². The predicted molar refractivity (Wildman–Crippen MR) is 134 cm³/mol. The van der Waals surface area contributed by atoms with Crippen LogP contribution in [0.15, 0.2) is 60.7 Å². The summed E-state index contributed by atoms with van der Waals surface area (Å²) >= 11 is 6.41. The zero-order valence-electron chi connectivity index (χ0n) is 19.5. The number of nitrogens with one attached hydrogen (secondary N) is 1. The van der Waals surface area contributed by atoms with Crippen LogP contribution in [0.25, 0.3) is 0 Å². The molecule has 3 aromatic rings. The summed E-state index contributed by atoms with van der Waals surface area (Å²) in [6, 6.07) is 15.4. The average Bonchev–Trinajstić information content (AvgIpc) is 2.87. The number of benzene rings is 3. The van der Waals surface area contributed by atoms with E-state index in [2.05, 4.69) is 5.32 Å². The van der Waals surface area contributed by atoms with E-state index in [9.17, 15) is 14.0 Å². The maximum Gasteiger partial charge on any atom is 0.255 e. The number of anilines is 1. The van der Waals surface area contributed by atoms with E-state index in [4.69, 9.17) is 26.8 Å². The summed E-state index contributed by atoms with van der Waals surface area (Å²) in [6.07, 6.45) is 0.564. The summed E-state index contributed by atoms with van der Waals surface area (Å²) in [6.45, 7) is 0.917. The molecule has 3 aromatic carbocycles. The third-order valence-electron chi connectivity index (χ3n) is 5.30. The van der Waals surface area contributed by atoms with Crippen molar-refractivity contribution in [1.82, 2.24) is 4.90 Å². The zero-order chi connectivity index (χ0) is 25.4. The minimum Gasteiger partial charge on any atom is -0.493 e. The van der Waals surface area contributed by atoms with Crippen molar-refractivity contribution in [2.75, 3.05) is 32.6 Å². The summed E-state index contributed by atoms with van der Waals surface area (Å²) in [5.74, 6) is -0.238. The Morgan fingerprint density at radius 1 is 1.00 bits per heavy atom. The van der Waals surface area contributed by atoms with E-state index in [1.165, 1.54) is 32.4 Å². The Balaban J connectivity index is 1.81. The molecule has 3 N–H and O–H groups in total. The summed E-state index contributed by atoms with van der Waals surface area (Å²) in [5.41, 5.74) is 7.38. The van der Waals surface area contributed by atoms with Crippen molar-refractivity contribution in [3.05, 3.63) is 88.2 Å². The first-order valence-corrected chi connectivity index (χ1v) is 11.3. The standard InChI is InChI=1S/C26H27ClFN3O4/c1-34-23-10-7-17(15-24(23)35-2)25(32)30-21-8-9-22(27)19(14-21)16-31(12-4-11-29)26(33)18-5-3-6-20(28)13-18/h3,5-10,13-15H,4,11-12,16,29H2,1-2H3,(H,30,32). The van der Waals surface area contributed by atoms with Crippen molar-refractivity contribution >= 4 is 29.1 Å². The molecule has 0 radical (unpaired) electrons. The first-order chi connectivity index (χ1) is 16.9. The molecule has 0 aliphatic heterocycles. The number of methoxy groups -OCH3 is 2. The minimum atomic E-state index is -0.493. The number of rotatable bonds is 10. The second-order valence-corrected chi connectivity index (χ2v) is 8.12. The molecule has 0 spiro atoms. The fourth-order valence-corrected chi connectivity index (χ4v) is 3.68. The van der Waals surface area contributed by atoms with Gasteiger partial charge in [-0.3, -0.25) is 9.59 Å². The van der Waals surface area contributed by atoms with Gasteiger partial charge >= 0.3 is 0 Å². The van der Waals surface area contributed by atoms with E-state index in [0.717, 1.165) is 0 Å². The van der Waals surface area contributed by atoms with Gasteiger partial charge in [0.15, 0.2) is 11.5 Å². The quantitative estimate of drug-likeness (QED) is 0.420. The van der Waals surface area contributed by atoms with Gasteiger partial charge in [0.25, 0.3) is 11.8 Å². The van der Waals surface area contributed by atoms with E-state index >= 15 is 0 Å². The molecule has 0 aromatic heterocycles. The number of hydrogen-bond donors (Lipinski definition) is 2. The maximum atomic E-state index is 13.7. The lowest BCUT2D eigenvalue weighted by molar-refractivity contribution is 0.0741. The van der Waals surface area contributed by atoms with Gasteiger partial charge < -0.3 is 25.4 Å². The number of carbonyl (C=O) groups is 2. The van der Waals surface area contributed by atoms with Crippen molar-refractivity contribution < 1.29 is 23.5 Å². The van der Waals surface area contributed by atoms with Gasteiger partial charge in [0, 0.05) is 34.9 Å². The summed E-state index contributed by atoms with van der Waals surface area (Å²) in [5, 5.41) is 3.26. The van der Waals surface area contributed by atoms with Crippen LogP contribution < -0.4 is 20.5 Å². The lowest BCUT2D eigenvalue weighted by Gasteiger charge is -2.24. The molecule has 2 amide bonds. The number of hydrogen-bond acceptors (Lipinski definition) is 5. The topological polar surface area (TPSA) is 93.9 Å². The van der Waals surface area contributed by atoms with Crippen LogP contribution in [0.3, 0.4) is 0 Å². The normalized spacial score (nSPS) is 10.5. The number of nitrogens with two attached hydrogens (primary N) is 1. The fourth-order valence-electron chi connectivity index (χ4n) is 3.50. The number of amides is 2. The monoisotopic (exact) mass is 499 g/mol. The molecule has 0 saturated carbocycles. The first kappa shape index (κ1) is 26.0. The number of halogens is 2. The number of nitrogens with zero attached hydrogens (tertiary/aromatic N) is 1.